The van der Waals surface area contributed by atoms with Gasteiger partial charge < -0.3 is 4.90 Å². The first-order chi connectivity index (χ1) is 12.8. The van der Waals surface area contributed by atoms with Gasteiger partial charge in [0.1, 0.15) is 0 Å². The van der Waals surface area contributed by atoms with Crippen molar-refractivity contribution in [2.75, 3.05) is 13.1 Å². The molecule has 0 aromatic heterocycles. The van der Waals surface area contributed by atoms with Gasteiger partial charge in [0.2, 0.25) is 0 Å². The Morgan fingerprint density at radius 3 is 1.73 bits per heavy atom. The minimum Gasteiger partial charge on any atom is -0.300 e. The number of piperidine rings is 1. The fraction of sp³-hybridized carbons (Fsp3) is 1.00. The van der Waals surface area contributed by atoms with Crippen molar-refractivity contribution in [1.29, 1.82) is 0 Å². The van der Waals surface area contributed by atoms with E-state index >= 15 is 0 Å². The van der Waals surface area contributed by atoms with E-state index in [-0.39, 0.29) is 0 Å². The second-order valence-electron chi connectivity index (χ2n) is 10.1. The molecule has 0 unspecified atom stereocenters. The number of likely N-dealkylation sites (tertiary alicyclic amines) is 1. The van der Waals surface area contributed by atoms with Crippen LogP contribution < -0.4 is 0 Å². The molecule has 2 saturated carbocycles. The Labute approximate surface area is 164 Å². The Bertz CT molecular complexity index is 354. The van der Waals surface area contributed by atoms with E-state index in [4.69, 9.17) is 0 Å². The predicted octanol–water partition coefficient (Wildman–Crippen LogP) is 7.44. The Morgan fingerprint density at radius 2 is 1.15 bits per heavy atom. The molecule has 1 saturated heterocycles. The third-order valence-electron chi connectivity index (χ3n) is 8.38. The highest BCUT2D eigenvalue weighted by atomic mass is 15.2. The largest absolute Gasteiger partial charge is 0.300 e. The molecule has 1 aliphatic heterocycles. The van der Waals surface area contributed by atoms with Gasteiger partial charge in [-0.2, -0.15) is 0 Å². The zero-order valence-electron chi connectivity index (χ0n) is 18.1. The lowest BCUT2D eigenvalue weighted by atomic mass is 9.69. The van der Waals surface area contributed by atoms with Crippen molar-refractivity contribution < 1.29 is 0 Å². The van der Waals surface area contributed by atoms with Crippen LogP contribution in [0.3, 0.4) is 0 Å². The third kappa shape index (κ3) is 5.98. The molecule has 1 nitrogen and oxygen atoms in total. The van der Waals surface area contributed by atoms with E-state index in [1.54, 1.807) is 38.5 Å². The SMILES string of the molecule is CCCCCC1CCN([C@H]2CC[C@H]([C@H]3CC[C@H](CCC)CC3)CC2)CC1. The molecule has 3 rings (SSSR count). The van der Waals surface area contributed by atoms with Crippen molar-refractivity contribution >= 4 is 0 Å². The third-order valence-corrected chi connectivity index (χ3v) is 8.38. The molecule has 1 heteroatoms. The standard InChI is InChI=1S/C25H47N/c1-3-5-6-8-22-17-19-26(20-18-22)25-15-13-24(14-16-25)23-11-9-21(7-4-2)10-12-23/h21-25H,3-20H2,1-2H3/t21-,23-,24-,25-. The normalized spacial score (nSPS) is 34.8. The van der Waals surface area contributed by atoms with E-state index in [1.165, 1.54) is 77.3 Å². The van der Waals surface area contributed by atoms with Crippen LogP contribution in [0.25, 0.3) is 0 Å². The second-order valence-corrected chi connectivity index (χ2v) is 10.1. The van der Waals surface area contributed by atoms with Gasteiger partial charge in [0.25, 0.3) is 0 Å². The van der Waals surface area contributed by atoms with Crippen LogP contribution in [-0.2, 0) is 0 Å². The molecule has 0 spiro atoms. The Kier molecular flexibility index (Phi) is 8.82. The molecule has 0 aromatic carbocycles. The molecule has 152 valence electrons. The van der Waals surface area contributed by atoms with E-state index in [2.05, 4.69) is 18.7 Å². The highest BCUT2D eigenvalue weighted by Crippen LogP contribution is 2.42. The van der Waals surface area contributed by atoms with Gasteiger partial charge in [0.05, 0.1) is 0 Å². The van der Waals surface area contributed by atoms with Gasteiger partial charge in [0.15, 0.2) is 0 Å². The van der Waals surface area contributed by atoms with Crippen LogP contribution in [0.15, 0.2) is 0 Å². The number of rotatable bonds is 8. The molecule has 0 amide bonds. The number of hydrogen-bond acceptors (Lipinski definition) is 1. The summed E-state index contributed by atoms with van der Waals surface area (Å²) in [5, 5.41) is 0. The van der Waals surface area contributed by atoms with Gasteiger partial charge in [0, 0.05) is 6.04 Å². The first-order valence-corrected chi connectivity index (χ1v) is 12.5. The van der Waals surface area contributed by atoms with E-state index in [0.29, 0.717) is 0 Å². The van der Waals surface area contributed by atoms with Gasteiger partial charge in [-0.25, -0.2) is 0 Å². The van der Waals surface area contributed by atoms with E-state index < -0.39 is 0 Å². The lowest BCUT2D eigenvalue weighted by molar-refractivity contribution is 0.0718. The maximum atomic E-state index is 2.89. The number of hydrogen-bond donors (Lipinski definition) is 0. The zero-order chi connectivity index (χ0) is 18.2. The summed E-state index contributed by atoms with van der Waals surface area (Å²) >= 11 is 0. The first kappa shape index (κ1) is 20.7. The highest BCUT2D eigenvalue weighted by molar-refractivity contribution is 4.86. The molecule has 0 bridgehead atoms. The zero-order valence-corrected chi connectivity index (χ0v) is 18.1. The molecule has 0 N–H and O–H groups in total. The molecule has 3 fully saturated rings. The van der Waals surface area contributed by atoms with Crippen molar-refractivity contribution in [3.8, 4) is 0 Å². The fourth-order valence-electron chi connectivity index (χ4n) is 6.58. The summed E-state index contributed by atoms with van der Waals surface area (Å²) in [5.74, 6) is 4.30. The van der Waals surface area contributed by atoms with Crippen molar-refractivity contribution in [3.05, 3.63) is 0 Å². The summed E-state index contributed by atoms with van der Waals surface area (Å²) in [5.41, 5.74) is 0. The lowest BCUT2D eigenvalue weighted by Crippen LogP contribution is -2.43. The molecular formula is C25H47N. The van der Waals surface area contributed by atoms with Gasteiger partial charge in [-0.05, 0) is 88.1 Å². The summed E-state index contributed by atoms with van der Waals surface area (Å²) in [4.78, 5) is 2.89. The first-order valence-electron chi connectivity index (χ1n) is 12.5. The van der Waals surface area contributed by atoms with Crippen LogP contribution >= 0.6 is 0 Å². The van der Waals surface area contributed by atoms with Gasteiger partial charge in [-0.3, -0.25) is 0 Å². The Balaban J connectivity index is 1.32. The Hall–Kier alpha value is -0.0400. The van der Waals surface area contributed by atoms with Crippen molar-refractivity contribution in [3.63, 3.8) is 0 Å². The van der Waals surface area contributed by atoms with Crippen LogP contribution in [0.1, 0.15) is 117 Å². The maximum Gasteiger partial charge on any atom is 0.00954 e. The Morgan fingerprint density at radius 1 is 0.577 bits per heavy atom. The lowest BCUT2D eigenvalue weighted by Gasteiger charge is -2.43. The molecule has 26 heavy (non-hydrogen) atoms. The summed E-state index contributed by atoms with van der Waals surface area (Å²) in [7, 11) is 0. The van der Waals surface area contributed by atoms with Crippen LogP contribution in [-0.4, -0.2) is 24.0 Å². The van der Waals surface area contributed by atoms with Gasteiger partial charge >= 0.3 is 0 Å². The van der Waals surface area contributed by atoms with Gasteiger partial charge in [-0.1, -0.05) is 65.2 Å². The quantitative estimate of drug-likeness (QED) is 0.406. The molecule has 0 atom stereocenters. The average Bonchev–Trinajstić information content (AvgIpc) is 2.70. The van der Waals surface area contributed by atoms with Crippen molar-refractivity contribution in [1.82, 2.24) is 4.90 Å². The number of nitrogens with zero attached hydrogens (tertiary/aromatic N) is 1. The molecular weight excluding hydrogens is 314 g/mol. The fourth-order valence-corrected chi connectivity index (χ4v) is 6.58. The number of unbranched alkanes of at least 4 members (excludes halogenated alkanes) is 2. The second kappa shape index (κ2) is 11.1. The van der Waals surface area contributed by atoms with Crippen LogP contribution in [0, 0.1) is 23.7 Å². The minimum absolute atomic E-state index is 0.944. The minimum atomic E-state index is 0.944. The van der Waals surface area contributed by atoms with Crippen molar-refractivity contribution in [2.45, 2.75) is 123 Å². The average molecular weight is 362 g/mol. The summed E-state index contributed by atoms with van der Waals surface area (Å²) in [6.07, 6.45) is 24.0. The molecule has 0 aromatic rings. The van der Waals surface area contributed by atoms with E-state index in [9.17, 15) is 0 Å². The molecule has 1 heterocycles. The highest BCUT2D eigenvalue weighted by Gasteiger charge is 2.33. The van der Waals surface area contributed by atoms with Crippen molar-refractivity contribution in [2.24, 2.45) is 23.7 Å². The molecule has 2 aliphatic carbocycles. The topological polar surface area (TPSA) is 3.24 Å². The summed E-state index contributed by atoms with van der Waals surface area (Å²) < 4.78 is 0. The van der Waals surface area contributed by atoms with Crippen LogP contribution in [0.5, 0.6) is 0 Å². The summed E-state index contributed by atoms with van der Waals surface area (Å²) in [6.45, 7) is 7.51. The smallest absolute Gasteiger partial charge is 0.00954 e. The van der Waals surface area contributed by atoms with Crippen LogP contribution in [0.4, 0.5) is 0 Å². The summed E-state index contributed by atoms with van der Waals surface area (Å²) in [6, 6.07) is 0.944. The molecule has 0 radical (unpaired) electrons. The predicted molar refractivity (Wildman–Crippen MR) is 115 cm³/mol. The monoisotopic (exact) mass is 361 g/mol. The van der Waals surface area contributed by atoms with E-state index in [1.807, 2.05) is 0 Å². The van der Waals surface area contributed by atoms with Gasteiger partial charge in [-0.15, -0.1) is 0 Å². The van der Waals surface area contributed by atoms with Crippen LogP contribution in [0.2, 0.25) is 0 Å². The van der Waals surface area contributed by atoms with E-state index in [0.717, 1.165) is 29.7 Å². The maximum absolute atomic E-state index is 2.89. The molecule has 3 aliphatic rings.